The molecule has 2 amide bonds. The summed E-state index contributed by atoms with van der Waals surface area (Å²) in [6.45, 7) is 4.64. The fourth-order valence-electron chi connectivity index (χ4n) is 4.60. The predicted molar refractivity (Wildman–Crippen MR) is 165 cm³/mol. The van der Waals surface area contributed by atoms with Gasteiger partial charge in [-0.15, -0.1) is 0 Å². The van der Waals surface area contributed by atoms with Crippen LogP contribution in [0.5, 0.6) is 0 Å². The Labute approximate surface area is 277 Å². The number of carbonyl (C=O) groups excluding carboxylic acids is 6. The van der Waals surface area contributed by atoms with Crippen LogP contribution >= 0.6 is 0 Å². The Kier molecular flexibility index (Phi) is 16.8. The van der Waals surface area contributed by atoms with Gasteiger partial charge in [0.15, 0.2) is 18.3 Å². The number of hydrogen-bond acceptors (Lipinski definition) is 13. The summed E-state index contributed by atoms with van der Waals surface area (Å²) >= 11 is 0. The quantitative estimate of drug-likeness (QED) is 0.0571. The maximum absolute atomic E-state index is 13.1. The van der Waals surface area contributed by atoms with E-state index in [0.29, 0.717) is 25.8 Å². The van der Waals surface area contributed by atoms with E-state index in [4.69, 9.17) is 28.4 Å². The standard InChI is InChI=1S/C31H41N5O12/c1-5-43-30(41)24-16-23(35-36-32)27(29(48-24)28(47-21(4)39)25(46-20(3)38)18-44-19(2)37)34-26(40)14-10-7-11-15-33-31(42)45-17-22-12-8-6-9-13-22/h6,8-9,12-13,16,23,25,27-29H,5,7,10-11,14-15,17-18H2,1-4H3,(H,33,42)(H,34,40)/t23-,25+,27+,28+,29+/m0/s1. The van der Waals surface area contributed by atoms with E-state index in [1.807, 2.05) is 30.3 Å². The van der Waals surface area contributed by atoms with Gasteiger partial charge in [-0.05, 0) is 36.9 Å². The Hall–Kier alpha value is -5.31. The molecule has 5 atom stereocenters. The molecule has 0 aromatic heterocycles. The molecule has 0 saturated carbocycles. The molecule has 0 unspecified atom stereocenters. The molecule has 17 heteroatoms. The number of alkyl carbamates (subject to hydrolysis) is 1. The molecule has 0 bridgehead atoms. The second-order valence-electron chi connectivity index (χ2n) is 10.4. The van der Waals surface area contributed by atoms with E-state index in [9.17, 15) is 34.3 Å². The smallest absolute Gasteiger partial charge is 0.407 e. The number of nitrogens with zero attached hydrogens (tertiary/aromatic N) is 3. The van der Waals surface area contributed by atoms with Gasteiger partial charge in [-0.25, -0.2) is 9.59 Å². The third kappa shape index (κ3) is 14.0. The van der Waals surface area contributed by atoms with Crippen LogP contribution in [0.25, 0.3) is 10.4 Å². The highest BCUT2D eigenvalue weighted by molar-refractivity contribution is 5.87. The van der Waals surface area contributed by atoms with Gasteiger partial charge in [0.1, 0.15) is 13.2 Å². The van der Waals surface area contributed by atoms with Gasteiger partial charge in [0.05, 0.1) is 18.7 Å². The van der Waals surface area contributed by atoms with E-state index in [0.717, 1.165) is 32.4 Å². The lowest BCUT2D eigenvalue weighted by molar-refractivity contribution is -0.188. The lowest BCUT2D eigenvalue weighted by atomic mass is 9.92. The zero-order valence-corrected chi connectivity index (χ0v) is 27.2. The predicted octanol–water partition coefficient (Wildman–Crippen LogP) is 2.91. The van der Waals surface area contributed by atoms with Crippen molar-refractivity contribution >= 4 is 35.9 Å². The fourth-order valence-corrected chi connectivity index (χ4v) is 4.60. The lowest BCUT2D eigenvalue weighted by Gasteiger charge is -2.40. The highest BCUT2D eigenvalue weighted by Gasteiger charge is 2.48. The monoisotopic (exact) mass is 675 g/mol. The average molecular weight is 676 g/mol. The first-order valence-electron chi connectivity index (χ1n) is 15.3. The minimum absolute atomic E-state index is 0.00182. The largest absolute Gasteiger partial charge is 0.477 e. The second-order valence-corrected chi connectivity index (χ2v) is 10.4. The lowest BCUT2D eigenvalue weighted by Crippen LogP contribution is -2.61. The van der Waals surface area contributed by atoms with Crippen molar-refractivity contribution in [2.75, 3.05) is 19.8 Å². The Morgan fingerprint density at radius 3 is 2.27 bits per heavy atom. The van der Waals surface area contributed by atoms with Crippen molar-refractivity contribution in [3.63, 3.8) is 0 Å². The van der Waals surface area contributed by atoms with Crippen molar-refractivity contribution in [2.45, 2.75) is 90.4 Å². The first-order chi connectivity index (χ1) is 22.9. The minimum Gasteiger partial charge on any atom is -0.477 e. The van der Waals surface area contributed by atoms with E-state index in [1.54, 1.807) is 6.92 Å². The summed E-state index contributed by atoms with van der Waals surface area (Å²) in [7, 11) is 0. The molecule has 0 fully saturated rings. The molecule has 0 saturated heterocycles. The van der Waals surface area contributed by atoms with Crippen LogP contribution in [0.3, 0.4) is 0 Å². The van der Waals surface area contributed by atoms with Gasteiger partial charge in [0.2, 0.25) is 11.7 Å². The summed E-state index contributed by atoms with van der Waals surface area (Å²) in [6.07, 6.45) is -2.44. The molecule has 262 valence electrons. The number of hydrogen-bond donors (Lipinski definition) is 2. The van der Waals surface area contributed by atoms with Crippen LogP contribution in [-0.2, 0) is 59.0 Å². The Morgan fingerprint density at radius 2 is 1.65 bits per heavy atom. The van der Waals surface area contributed by atoms with Gasteiger partial charge < -0.3 is 39.1 Å². The van der Waals surface area contributed by atoms with Crippen molar-refractivity contribution in [1.29, 1.82) is 0 Å². The zero-order valence-electron chi connectivity index (χ0n) is 27.2. The SMILES string of the molecule is CCOC(=O)C1=C[C@H](N=[N+]=[N-])[C@@H](NC(=O)CCCCCNC(=O)OCc2ccccc2)[C@H]([C@H](OC(C)=O)[C@@H](COC(C)=O)OC(C)=O)O1. The van der Waals surface area contributed by atoms with Crippen molar-refractivity contribution in [3.05, 3.63) is 58.2 Å². The number of nitrogens with one attached hydrogen (secondary N) is 2. The highest BCUT2D eigenvalue weighted by Crippen LogP contribution is 2.28. The van der Waals surface area contributed by atoms with Crippen molar-refractivity contribution in [1.82, 2.24) is 10.6 Å². The number of azide groups is 1. The van der Waals surface area contributed by atoms with Gasteiger partial charge in [-0.1, -0.05) is 41.9 Å². The second kappa shape index (κ2) is 20.7. The van der Waals surface area contributed by atoms with Crippen LogP contribution in [0.15, 0.2) is 47.3 Å². The Balaban J connectivity index is 2.16. The molecule has 48 heavy (non-hydrogen) atoms. The van der Waals surface area contributed by atoms with Crippen molar-refractivity contribution in [3.8, 4) is 0 Å². The van der Waals surface area contributed by atoms with E-state index < -0.39 is 78.6 Å². The number of unbranched alkanes of at least 4 members (excludes halogenated alkanes) is 2. The van der Waals surface area contributed by atoms with Crippen LogP contribution < -0.4 is 10.6 Å². The first-order valence-corrected chi connectivity index (χ1v) is 15.3. The first kappa shape index (κ1) is 38.9. The number of amides is 2. The van der Waals surface area contributed by atoms with Crippen molar-refractivity contribution < 1.29 is 57.2 Å². The normalized spacial score (nSPS) is 17.8. The van der Waals surface area contributed by atoms with Crippen LogP contribution in [0.1, 0.15) is 58.9 Å². The molecule has 0 spiro atoms. The summed E-state index contributed by atoms with van der Waals surface area (Å²) < 4.78 is 31.8. The maximum Gasteiger partial charge on any atom is 0.407 e. The van der Waals surface area contributed by atoms with Crippen LogP contribution in [-0.4, -0.2) is 86.0 Å². The third-order valence-electron chi connectivity index (χ3n) is 6.62. The van der Waals surface area contributed by atoms with Crippen molar-refractivity contribution in [2.24, 2.45) is 5.11 Å². The fraction of sp³-hybridized carbons (Fsp3) is 0.548. The Morgan fingerprint density at radius 1 is 0.938 bits per heavy atom. The Bertz CT molecular complexity index is 1350. The molecule has 1 aromatic rings. The van der Waals surface area contributed by atoms with Gasteiger partial charge >= 0.3 is 30.0 Å². The number of rotatable bonds is 18. The summed E-state index contributed by atoms with van der Waals surface area (Å²) in [5, 5.41) is 9.06. The minimum atomic E-state index is -1.57. The molecule has 17 nitrogen and oxygen atoms in total. The number of ether oxygens (including phenoxy) is 6. The zero-order chi connectivity index (χ0) is 35.5. The topological polar surface area (TPSA) is 231 Å². The summed E-state index contributed by atoms with van der Waals surface area (Å²) in [4.78, 5) is 76.3. The van der Waals surface area contributed by atoms with Crippen LogP contribution in [0.4, 0.5) is 4.79 Å². The number of carbonyl (C=O) groups is 6. The van der Waals surface area contributed by atoms with Gasteiger partial charge in [-0.2, -0.15) is 0 Å². The highest BCUT2D eigenvalue weighted by atomic mass is 16.6. The third-order valence-corrected chi connectivity index (χ3v) is 6.62. The van der Waals surface area contributed by atoms with Crippen LogP contribution in [0.2, 0.25) is 0 Å². The molecule has 1 heterocycles. The molecule has 2 rings (SSSR count). The van der Waals surface area contributed by atoms with Gasteiger partial charge in [0.25, 0.3) is 0 Å². The summed E-state index contributed by atoms with van der Waals surface area (Å²) in [6, 6.07) is 6.70. The summed E-state index contributed by atoms with van der Waals surface area (Å²) in [5.74, 6) is -4.28. The molecule has 1 aliphatic rings. The maximum atomic E-state index is 13.1. The van der Waals surface area contributed by atoms with E-state index in [-0.39, 0.29) is 19.6 Å². The molecular weight excluding hydrogens is 634 g/mol. The van der Waals surface area contributed by atoms with E-state index in [1.165, 1.54) is 0 Å². The number of benzene rings is 1. The molecule has 1 aromatic carbocycles. The van der Waals surface area contributed by atoms with E-state index >= 15 is 0 Å². The molecular formula is C31H41N5O12. The van der Waals surface area contributed by atoms with Gasteiger partial charge in [-0.3, -0.25) is 19.2 Å². The van der Waals surface area contributed by atoms with E-state index in [2.05, 4.69) is 20.7 Å². The molecule has 0 radical (unpaired) electrons. The van der Waals surface area contributed by atoms with Crippen LogP contribution in [0, 0.1) is 0 Å². The molecule has 2 N–H and O–H groups in total. The number of esters is 4. The molecule has 1 aliphatic heterocycles. The van der Waals surface area contributed by atoms with Gasteiger partial charge in [0, 0.05) is 38.6 Å². The molecule has 0 aliphatic carbocycles. The summed E-state index contributed by atoms with van der Waals surface area (Å²) in [5.41, 5.74) is 10.2. The average Bonchev–Trinajstić information content (AvgIpc) is 3.03.